The molecular formula is C19H35N5. The van der Waals surface area contributed by atoms with Gasteiger partial charge in [-0.05, 0) is 44.1 Å². The van der Waals surface area contributed by atoms with Crippen LogP contribution in [0.25, 0.3) is 0 Å². The zero-order chi connectivity index (χ0) is 17.6. The normalized spacial score (nSPS) is 18.0. The van der Waals surface area contributed by atoms with Crippen LogP contribution in [-0.4, -0.2) is 28.8 Å². The first-order valence-electron chi connectivity index (χ1n) is 9.38. The van der Waals surface area contributed by atoms with Crippen LogP contribution in [0.2, 0.25) is 0 Å². The summed E-state index contributed by atoms with van der Waals surface area (Å²) in [6.45, 7) is 9.78. The quantitative estimate of drug-likeness (QED) is 0.613. The van der Waals surface area contributed by atoms with E-state index in [4.69, 9.17) is 5.10 Å². The fourth-order valence-corrected chi connectivity index (χ4v) is 3.17. The molecule has 1 saturated carbocycles. The lowest BCUT2D eigenvalue weighted by molar-refractivity contribution is 0.346. The number of aliphatic imine (C=N–C) groups is 1. The SMILES string of the molecule is CN=C(NCc1ccn(C2CCCC2)n1)NC(C)CCC(C)(C)C. The fourth-order valence-electron chi connectivity index (χ4n) is 3.17. The molecule has 0 aromatic carbocycles. The van der Waals surface area contributed by atoms with Gasteiger partial charge in [0, 0.05) is 19.3 Å². The highest BCUT2D eigenvalue weighted by atomic mass is 15.3. The summed E-state index contributed by atoms with van der Waals surface area (Å²) in [5, 5.41) is 11.6. The van der Waals surface area contributed by atoms with Gasteiger partial charge in [0.2, 0.25) is 0 Å². The molecule has 0 radical (unpaired) electrons. The molecule has 2 N–H and O–H groups in total. The lowest BCUT2D eigenvalue weighted by Crippen LogP contribution is -2.42. The van der Waals surface area contributed by atoms with Crippen LogP contribution in [0.5, 0.6) is 0 Å². The molecule has 0 saturated heterocycles. The molecule has 1 atom stereocenters. The third-order valence-corrected chi connectivity index (χ3v) is 4.73. The van der Waals surface area contributed by atoms with Crippen molar-refractivity contribution >= 4 is 5.96 Å². The Bertz CT molecular complexity index is 520. The number of aromatic nitrogens is 2. The van der Waals surface area contributed by atoms with Crippen LogP contribution in [0.15, 0.2) is 17.3 Å². The summed E-state index contributed by atoms with van der Waals surface area (Å²) in [6.07, 6.45) is 9.66. The monoisotopic (exact) mass is 333 g/mol. The van der Waals surface area contributed by atoms with E-state index < -0.39 is 0 Å². The second-order valence-electron chi connectivity index (χ2n) is 8.30. The summed E-state index contributed by atoms with van der Waals surface area (Å²) in [4.78, 5) is 4.33. The number of hydrogen-bond acceptors (Lipinski definition) is 2. The Morgan fingerprint density at radius 1 is 1.38 bits per heavy atom. The van der Waals surface area contributed by atoms with Gasteiger partial charge < -0.3 is 10.6 Å². The van der Waals surface area contributed by atoms with Crippen molar-refractivity contribution in [2.75, 3.05) is 7.05 Å². The number of hydrogen-bond donors (Lipinski definition) is 2. The minimum Gasteiger partial charge on any atom is -0.354 e. The molecule has 136 valence electrons. The minimum absolute atomic E-state index is 0.375. The number of nitrogens with one attached hydrogen (secondary N) is 2. The largest absolute Gasteiger partial charge is 0.354 e. The first kappa shape index (κ1) is 18.8. The predicted octanol–water partition coefficient (Wildman–Crippen LogP) is 3.88. The molecular weight excluding hydrogens is 298 g/mol. The first-order chi connectivity index (χ1) is 11.4. The van der Waals surface area contributed by atoms with Crippen LogP contribution in [-0.2, 0) is 6.54 Å². The van der Waals surface area contributed by atoms with Crippen LogP contribution in [0.1, 0.15) is 78.0 Å². The van der Waals surface area contributed by atoms with Gasteiger partial charge >= 0.3 is 0 Å². The summed E-state index contributed by atoms with van der Waals surface area (Å²) in [5.41, 5.74) is 1.45. The Morgan fingerprint density at radius 3 is 2.71 bits per heavy atom. The lowest BCUT2D eigenvalue weighted by Gasteiger charge is -2.23. The molecule has 1 unspecified atom stereocenters. The third kappa shape index (κ3) is 6.17. The summed E-state index contributed by atoms with van der Waals surface area (Å²) >= 11 is 0. The van der Waals surface area contributed by atoms with Crippen molar-refractivity contribution in [3.8, 4) is 0 Å². The summed E-state index contributed by atoms with van der Waals surface area (Å²) < 4.78 is 2.14. The van der Waals surface area contributed by atoms with Crippen molar-refractivity contribution in [1.29, 1.82) is 0 Å². The van der Waals surface area contributed by atoms with Crippen molar-refractivity contribution < 1.29 is 0 Å². The maximum atomic E-state index is 4.72. The number of guanidine groups is 1. The van der Waals surface area contributed by atoms with Gasteiger partial charge in [-0.25, -0.2) is 0 Å². The van der Waals surface area contributed by atoms with Crippen LogP contribution in [0.4, 0.5) is 0 Å². The molecule has 0 bridgehead atoms. The van der Waals surface area contributed by atoms with Crippen LogP contribution in [0, 0.1) is 5.41 Å². The Morgan fingerprint density at radius 2 is 2.08 bits per heavy atom. The van der Waals surface area contributed by atoms with Gasteiger partial charge in [-0.2, -0.15) is 5.10 Å². The van der Waals surface area contributed by atoms with E-state index in [1.807, 2.05) is 7.05 Å². The average Bonchev–Trinajstić information content (AvgIpc) is 3.19. The second-order valence-corrected chi connectivity index (χ2v) is 8.30. The molecule has 5 heteroatoms. The molecule has 2 rings (SSSR count). The molecule has 1 aromatic heterocycles. The van der Waals surface area contributed by atoms with Gasteiger partial charge in [-0.3, -0.25) is 9.67 Å². The molecule has 1 fully saturated rings. The minimum atomic E-state index is 0.375. The summed E-state index contributed by atoms with van der Waals surface area (Å²) in [6, 6.07) is 3.13. The molecule has 1 aliphatic rings. The van der Waals surface area contributed by atoms with Crippen molar-refractivity contribution in [2.24, 2.45) is 10.4 Å². The topological polar surface area (TPSA) is 54.2 Å². The van der Waals surface area contributed by atoms with Crippen LogP contribution in [0.3, 0.4) is 0 Å². The van der Waals surface area contributed by atoms with E-state index in [1.54, 1.807) is 0 Å². The smallest absolute Gasteiger partial charge is 0.191 e. The highest BCUT2D eigenvalue weighted by Gasteiger charge is 2.17. The molecule has 5 nitrogen and oxygen atoms in total. The predicted molar refractivity (Wildman–Crippen MR) is 101 cm³/mol. The van der Waals surface area contributed by atoms with E-state index in [9.17, 15) is 0 Å². The van der Waals surface area contributed by atoms with E-state index in [0.29, 0.717) is 24.0 Å². The molecule has 1 aromatic rings. The van der Waals surface area contributed by atoms with E-state index in [-0.39, 0.29) is 0 Å². The van der Waals surface area contributed by atoms with Crippen molar-refractivity contribution in [1.82, 2.24) is 20.4 Å². The summed E-state index contributed by atoms with van der Waals surface area (Å²) in [5.74, 6) is 0.854. The van der Waals surface area contributed by atoms with Crippen molar-refractivity contribution in [3.63, 3.8) is 0 Å². The molecule has 0 aliphatic heterocycles. The first-order valence-corrected chi connectivity index (χ1v) is 9.38. The average molecular weight is 334 g/mol. The van der Waals surface area contributed by atoms with Crippen molar-refractivity contribution in [3.05, 3.63) is 18.0 Å². The van der Waals surface area contributed by atoms with Gasteiger partial charge in [-0.1, -0.05) is 33.6 Å². The van der Waals surface area contributed by atoms with E-state index in [0.717, 1.165) is 18.1 Å². The Balaban J connectivity index is 1.77. The van der Waals surface area contributed by atoms with Gasteiger partial charge in [0.15, 0.2) is 5.96 Å². The molecule has 0 spiro atoms. The van der Waals surface area contributed by atoms with E-state index >= 15 is 0 Å². The molecule has 1 heterocycles. The van der Waals surface area contributed by atoms with Gasteiger partial charge in [0.25, 0.3) is 0 Å². The van der Waals surface area contributed by atoms with Gasteiger partial charge in [0.1, 0.15) is 0 Å². The highest BCUT2D eigenvalue weighted by Crippen LogP contribution is 2.28. The molecule has 24 heavy (non-hydrogen) atoms. The molecule has 0 amide bonds. The van der Waals surface area contributed by atoms with Crippen LogP contribution >= 0.6 is 0 Å². The zero-order valence-corrected chi connectivity index (χ0v) is 16.1. The number of rotatable bonds is 6. The maximum Gasteiger partial charge on any atom is 0.191 e. The Labute approximate surface area is 147 Å². The fraction of sp³-hybridized carbons (Fsp3) is 0.789. The maximum absolute atomic E-state index is 4.72. The third-order valence-electron chi connectivity index (χ3n) is 4.73. The highest BCUT2D eigenvalue weighted by molar-refractivity contribution is 5.79. The lowest BCUT2D eigenvalue weighted by atomic mass is 9.89. The zero-order valence-electron chi connectivity index (χ0n) is 16.1. The van der Waals surface area contributed by atoms with Crippen LogP contribution < -0.4 is 10.6 Å². The Kier molecular flexibility index (Phi) is 6.69. The Hall–Kier alpha value is -1.52. The van der Waals surface area contributed by atoms with Gasteiger partial charge in [-0.15, -0.1) is 0 Å². The molecule has 1 aliphatic carbocycles. The van der Waals surface area contributed by atoms with Gasteiger partial charge in [0.05, 0.1) is 18.3 Å². The summed E-state index contributed by atoms with van der Waals surface area (Å²) in [7, 11) is 1.82. The second kappa shape index (κ2) is 8.54. The number of nitrogens with zero attached hydrogens (tertiary/aromatic N) is 3. The van der Waals surface area contributed by atoms with E-state index in [1.165, 1.54) is 32.1 Å². The standard InChI is InChI=1S/C19H35N5/c1-15(10-12-19(2,3)4)22-18(20-5)21-14-16-11-13-24(23-16)17-8-6-7-9-17/h11,13,15,17H,6-10,12,14H2,1-5H3,(H2,20,21,22). The van der Waals surface area contributed by atoms with E-state index in [2.05, 4.69) is 60.3 Å². The van der Waals surface area contributed by atoms with Crippen molar-refractivity contribution in [2.45, 2.75) is 84.8 Å².